The molecule has 2 aromatic rings. The third kappa shape index (κ3) is 24.0. The average Bonchev–Trinajstić information content (AvgIpc) is 3.22. The summed E-state index contributed by atoms with van der Waals surface area (Å²) in [5.41, 5.74) is 1.51. The second kappa shape index (κ2) is 34.9. The molecule has 6 N–H and O–H groups in total. The van der Waals surface area contributed by atoms with Crippen molar-refractivity contribution in [3.8, 4) is 23.0 Å². The van der Waals surface area contributed by atoms with E-state index in [0.717, 1.165) is 74.7 Å². The van der Waals surface area contributed by atoms with Crippen LogP contribution in [0.25, 0.3) is 0 Å². The smallest absolute Gasteiger partial charge is 0.188 e. The Hall–Kier alpha value is -2.06. The number of hydrogen-bond donors (Lipinski definition) is 6. The standard InChI is InChI=1S/C40H70N4O10S2/c1-47-29-51-37-15-13-33(25-39(37)53-31-49-3)35(45)27-43-19-11-7-5-9-17-41-21-23-55-56-24-22-42-18-10-6-8-12-20-44-28-36(46)34-14-16-38(52-30-48-2)40(26-34)54-32-50-4/h13-16,25-26,35-36,41-46H,5-12,17-24,27-32H2,1-4H3. The maximum Gasteiger partial charge on any atom is 0.188 e. The molecule has 0 saturated carbocycles. The van der Waals surface area contributed by atoms with Gasteiger partial charge in [-0.2, -0.15) is 0 Å². The van der Waals surface area contributed by atoms with E-state index in [-0.39, 0.29) is 27.2 Å². The van der Waals surface area contributed by atoms with Crippen molar-refractivity contribution in [1.29, 1.82) is 0 Å². The number of benzene rings is 2. The van der Waals surface area contributed by atoms with E-state index in [1.165, 1.54) is 38.5 Å². The summed E-state index contributed by atoms with van der Waals surface area (Å²) in [5, 5.41) is 35.1. The lowest BCUT2D eigenvalue weighted by Gasteiger charge is -2.16. The molecule has 322 valence electrons. The maximum atomic E-state index is 10.6. The molecule has 0 amide bonds. The molecule has 0 spiro atoms. The van der Waals surface area contributed by atoms with Crippen LogP contribution in [0.2, 0.25) is 0 Å². The van der Waals surface area contributed by atoms with Crippen LogP contribution < -0.4 is 40.2 Å². The first-order valence-electron chi connectivity index (χ1n) is 19.7. The van der Waals surface area contributed by atoms with E-state index in [0.29, 0.717) is 36.1 Å². The molecule has 2 unspecified atom stereocenters. The molecular weight excluding hydrogens is 761 g/mol. The fraction of sp³-hybridized carbons (Fsp3) is 0.700. The van der Waals surface area contributed by atoms with E-state index < -0.39 is 12.2 Å². The highest BCUT2D eigenvalue weighted by Gasteiger charge is 2.14. The number of ether oxygens (including phenoxy) is 8. The summed E-state index contributed by atoms with van der Waals surface area (Å²) in [4.78, 5) is 0. The first kappa shape index (κ1) is 50.1. The zero-order valence-corrected chi connectivity index (χ0v) is 35.8. The summed E-state index contributed by atoms with van der Waals surface area (Å²) in [6, 6.07) is 10.8. The van der Waals surface area contributed by atoms with Gasteiger partial charge in [0.05, 0.1) is 12.2 Å². The Morgan fingerprint density at radius 1 is 0.446 bits per heavy atom. The Balaban J connectivity index is 1.34. The van der Waals surface area contributed by atoms with Gasteiger partial charge in [-0.3, -0.25) is 0 Å². The van der Waals surface area contributed by atoms with Crippen molar-refractivity contribution in [2.75, 3.05) is 119 Å². The average molecular weight is 831 g/mol. The number of aliphatic hydroxyl groups excluding tert-OH is 2. The molecule has 56 heavy (non-hydrogen) atoms. The second-order valence-corrected chi connectivity index (χ2v) is 15.7. The summed E-state index contributed by atoms with van der Waals surface area (Å²) < 4.78 is 42.2. The van der Waals surface area contributed by atoms with E-state index in [2.05, 4.69) is 21.3 Å². The lowest BCUT2D eigenvalue weighted by atomic mass is 10.1. The Kier molecular flexibility index (Phi) is 31.2. The van der Waals surface area contributed by atoms with Gasteiger partial charge in [-0.1, -0.05) is 59.4 Å². The predicted molar refractivity (Wildman–Crippen MR) is 226 cm³/mol. The Bertz CT molecular complexity index is 1130. The van der Waals surface area contributed by atoms with Gasteiger partial charge in [-0.15, -0.1) is 0 Å². The summed E-state index contributed by atoms with van der Waals surface area (Å²) in [5.74, 6) is 4.33. The van der Waals surface area contributed by atoms with E-state index in [4.69, 9.17) is 37.9 Å². The fourth-order valence-electron chi connectivity index (χ4n) is 5.43. The predicted octanol–water partition coefficient (Wildman–Crippen LogP) is 5.25. The van der Waals surface area contributed by atoms with Crippen LogP contribution >= 0.6 is 21.6 Å². The molecule has 2 rings (SSSR count). The highest BCUT2D eigenvalue weighted by molar-refractivity contribution is 8.76. The van der Waals surface area contributed by atoms with E-state index in [1.807, 2.05) is 33.7 Å². The van der Waals surface area contributed by atoms with Gasteiger partial charge in [0, 0.05) is 66.1 Å². The van der Waals surface area contributed by atoms with Crippen LogP contribution in [-0.2, 0) is 18.9 Å². The van der Waals surface area contributed by atoms with Crippen molar-refractivity contribution in [3.05, 3.63) is 47.5 Å². The molecule has 0 heterocycles. The van der Waals surface area contributed by atoms with Crippen molar-refractivity contribution in [1.82, 2.24) is 21.3 Å². The monoisotopic (exact) mass is 830 g/mol. The molecular formula is C40H70N4O10S2. The number of hydrogen-bond acceptors (Lipinski definition) is 16. The number of methoxy groups -OCH3 is 4. The van der Waals surface area contributed by atoms with Crippen LogP contribution in [0.3, 0.4) is 0 Å². The fourth-order valence-corrected chi connectivity index (χ4v) is 7.33. The van der Waals surface area contributed by atoms with Gasteiger partial charge in [-0.25, -0.2) is 0 Å². The molecule has 14 nitrogen and oxygen atoms in total. The number of aliphatic hydroxyl groups is 2. The van der Waals surface area contributed by atoms with Crippen LogP contribution in [0.15, 0.2) is 36.4 Å². The van der Waals surface area contributed by atoms with E-state index >= 15 is 0 Å². The first-order chi connectivity index (χ1) is 27.5. The highest BCUT2D eigenvalue weighted by Crippen LogP contribution is 2.32. The topological polar surface area (TPSA) is 162 Å². The minimum absolute atomic E-state index is 0.0899. The molecule has 0 radical (unpaired) electrons. The second-order valence-electron chi connectivity index (χ2n) is 13.0. The quantitative estimate of drug-likeness (QED) is 0.0294. The van der Waals surface area contributed by atoms with Gasteiger partial charge >= 0.3 is 0 Å². The van der Waals surface area contributed by atoms with Gasteiger partial charge in [0.15, 0.2) is 50.2 Å². The summed E-state index contributed by atoms with van der Waals surface area (Å²) in [6.07, 6.45) is 7.98. The van der Waals surface area contributed by atoms with Crippen molar-refractivity contribution in [2.24, 2.45) is 0 Å². The number of unbranched alkanes of at least 4 members (excludes halogenated alkanes) is 6. The lowest BCUT2D eigenvalue weighted by molar-refractivity contribution is 0.0320. The minimum atomic E-state index is -0.644. The van der Waals surface area contributed by atoms with Crippen LogP contribution in [-0.4, -0.2) is 130 Å². The third-order valence-corrected chi connectivity index (χ3v) is 10.8. The Labute approximate surface area is 343 Å². The van der Waals surface area contributed by atoms with Gasteiger partial charge < -0.3 is 69.4 Å². The molecule has 0 aliphatic carbocycles. The zero-order valence-electron chi connectivity index (χ0n) is 34.2. The number of rotatable bonds is 39. The Morgan fingerprint density at radius 3 is 1.14 bits per heavy atom. The van der Waals surface area contributed by atoms with Crippen molar-refractivity contribution < 1.29 is 48.1 Å². The SMILES string of the molecule is COCOc1ccc(C(O)CNCCCCCCNCCSSCCNCCCCCCNCC(O)c2ccc(OCOC)c(OCOC)c2)cc1OCOC. The van der Waals surface area contributed by atoms with Gasteiger partial charge in [-0.05, 0) is 87.3 Å². The molecule has 2 aromatic carbocycles. The van der Waals surface area contributed by atoms with Crippen LogP contribution in [0.5, 0.6) is 23.0 Å². The van der Waals surface area contributed by atoms with Gasteiger partial charge in [0.2, 0.25) is 0 Å². The van der Waals surface area contributed by atoms with Crippen LogP contribution in [0.4, 0.5) is 0 Å². The molecule has 0 saturated heterocycles. The first-order valence-corrected chi connectivity index (χ1v) is 22.2. The number of nitrogens with one attached hydrogen (secondary N) is 4. The zero-order chi connectivity index (χ0) is 40.3. The maximum absolute atomic E-state index is 10.6. The van der Waals surface area contributed by atoms with Gasteiger partial charge in [0.25, 0.3) is 0 Å². The van der Waals surface area contributed by atoms with Crippen molar-refractivity contribution >= 4 is 21.6 Å². The summed E-state index contributed by atoms with van der Waals surface area (Å²) >= 11 is 0. The summed E-state index contributed by atoms with van der Waals surface area (Å²) in [7, 11) is 10.1. The molecule has 0 aliphatic rings. The molecule has 0 aromatic heterocycles. The molecule has 16 heteroatoms. The molecule has 0 bridgehead atoms. The minimum Gasteiger partial charge on any atom is -0.464 e. The molecule has 0 aliphatic heterocycles. The van der Waals surface area contributed by atoms with Crippen molar-refractivity contribution in [2.45, 2.75) is 63.6 Å². The molecule has 0 fully saturated rings. The third-order valence-electron chi connectivity index (χ3n) is 8.43. The van der Waals surface area contributed by atoms with Crippen LogP contribution in [0, 0.1) is 0 Å². The van der Waals surface area contributed by atoms with E-state index in [9.17, 15) is 10.2 Å². The van der Waals surface area contributed by atoms with Crippen molar-refractivity contribution in [3.63, 3.8) is 0 Å². The Morgan fingerprint density at radius 2 is 0.786 bits per heavy atom. The highest BCUT2D eigenvalue weighted by atomic mass is 33.1. The molecule has 2 atom stereocenters. The normalized spacial score (nSPS) is 12.5. The van der Waals surface area contributed by atoms with Gasteiger partial charge in [0.1, 0.15) is 0 Å². The largest absolute Gasteiger partial charge is 0.464 e. The van der Waals surface area contributed by atoms with E-state index in [1.54, 1.807) is 52.7 Å². The lowest BCUT2D eigenvalue weighted by Crippen LogP contribution is -2.22. The summed E-state index contributed by atoms with van der Waals surface area (Å²) in [6.45, 7) is 7.29. The van der Waals surface area contributed by atoms with Crippen LogP contribution in [0.1, 0.15) is 74.7 Å².